The van der Waals surface area contributed by atoms with E-state index < -0.39 is 0 Å². The number of imide groups is 1. The molecular weight excluding hydrogens is 256 g/mol. The molecule has 2 rings (SSSR count). The fourth-order valence-corrected chi connectivity index (χ4v) is 1.90. The Balaban J connectivity index is 2.07. The van der Waals surface area contributed by atoms with Crippen LogP contribution in [0.5, 0.6) is 0 Å². The lowest BCUT2D eigenvalue weighted by atomic mass is 10.1. The summed E-state index contributed by atoms with van der Waals surface area (Å²) in [5, 5.41) is 2.48. The molecule has 1 heterocycles. The van der Waals surface area contributed by atoms with Crippen molar-refractivity contribution in [3.05, 3.63) is 35.4 Å². The smallest absolute Gasteiger partial charge is 0.263 e. The normalized spacial score (nSPS) is 13.7. The van der Waals surface area contributed by atoms with Gasteiger partial charge in [-0.25, -0.2) is 0 Å². The molecular formula is C12H11ClN2O3. The summed E-state index contributed by atoms with van der Waals surface area (Å²) < 4.78 is 0. The monoisotopic (exact) mass is 266 g/mol. The van der Waals surface area contributed by atoms with Gasteiger partial charge in [-0.05, 0) is 12.1 Å². The zero-order valence-corrected chi connectivity index (χ0v) is 10.2. The van der Waals surface area contributed by atoms with Gasteiger partial charge in [0.2, 0.25) is 5.91 Å². The average molecular weight is 267 g/mol. The lowest BCUT2D eigenvalue weighted by Crippen LogP contribution is -2.40. The van der Waals surface area contributed by atoms with Crippen LogP contribution >= 0.6 is 11.6 Å². The van der Waals surface area contributed by atoms with Crippen molar-refractivity contribution in [2.24, 2.45) is 0 Å². The first-order valence-corrected chi connectivity index (χ1v) is 5.96. The van der Waals surface area contributed by atoms with Crippen molar-refractivity contribution in [1.82, 2.24) is 10.2 Å². The highest BCUT2D eigenvalue weighted by Gasteiger charge is 2.34. The third-order valence-electron chi connectivity index (χ3n) is 2.63. The molecule has 5 nitrogen and oxygen atoms in total. The number of halogens is 1. The van der Waals surface area contributed by atoms with E-state index in [1.807, 2.05) is 0 Å². The Bertz CT molecular complexity index is 481. The SMILES string of the molecule is O=C(CCCl)NCN1C(=O)c2ccccc2C1=O. The van der Waals surface area contributed by atoms with Crippen molar-refractivity contribution in [2.75, 3.05) is 12.5 Å². The summed E-state index contributed by atoms with van der Waals surface area (Å²) in [5.74, 6) is -0.862. The van der Waals surface area contributed by atoms with Gasteiger partial charge < -0.3 is 5.32 Å². The topological polar surface area (TPSA) is 66.5 Å². The Hall–Kier alpha value is -1.88. The van der Waals surface area contributed by atoms with Crippen LogP contribution in [0.1, 0.15) is 27.1 Å². The number of nitrogens with one attached hydrogen (secondary N) is 1. The van der Waals surface area contributed by atoms with Crippen molar-refractivity contribution in [2.45, 2.75) is 6.42 Å². The molecule has 1 aliphatic heterocycles. The molecule has 1 aromatic rings. The number of alkyl halides is 1. The minimum atomic E-state index is -0.387. The van der Waals surface area contributed by atoms with Crippen LogP contribution in [0.15, 0.2) is 24.3 Å². The Morgan fingerprint density at radius 1 is 1.17 bits per heavy atom. The van der Waals surface area contributed by atoms with E-state index >= 15 is 0 Å². The van der Waals surface area contributed by atoms with Gasteiger partial charge in [0.05, 0.1) is 11.1 Å². The zero-order valence-electron chi connectivity index (χ0n) is 9.48. The predicted octanol–water partition coefficient (Wildman–Crippen LogP) is 0.985. The standard InChI is InChI=1S/C12H11ClN2O3/c13-6-5-10(16)14-7-15-11(17)8-3-1-2-4-9(8)12(15)18/h1-4H,5-7H2,(H,14,16). The number of rotatable bonds is 4. The van der Waals surface area contributed by atoms with E-state index in [-0.39, 0.29) is 36.7 Å². The Morgan fingerprint density at radius 2 is 1.72 bits per heavy atom. The van der Waals surface area contributed by atoms with Gasteiger partial charge in [0.1, 0.15) is 6.67 Å². The van der Waals surface area contributed by atoms with Crippen LogP contribution in [0.25, 0.3) is 0 Å². The van der Waals surface area contributed by atoms with Gasteiger partial charge in [-0.15, -0.1) is 11.6 Å². The molecule has 0 fully saturated rings. The summed E-state index contributed by atoms with van der Waals surface area (Å²) >= 11 is 5.41. The van der Waals surface area contributed by atoms with Crippen LogP contribution in [0.4, 0.5) is 0 Å². The average Bonchev–Trinajstić information content (AvgIpc) is 2.61. The van der Waals surface area contributed by atoms with E-state index in [0.29, 0.717) is 11.1 Å². The van der Waals surface area contributed by atoms with Gasteiger partial charge in [-0.1, -0.05) is 12.1 Å². The molecule has 0 atom stereocenters. The maximum atomic E-state index is 11.9. The largest absolute Gasteiger partial charge is 0.338 e. The number of hydrogen-bond acceptors (Lipinski definition) is 3. The third-order valence-corrected chi connectivity index (χ3v) is 2.82. The van der Waals surface area contributed by atoms with Crippen LogP contribution in [0.3, 0.4) is 0 Å². The second kappa shape index (κ2) is 5.18. The van der Waals surface area contributed by atoms with E-state index in [1.165, 1.54) is 0 Å². The van der Waals surface area contributed by atoms with E-state index in [4.69, 9.17) is 11.6 Å². The van der Waals surface area contributed by atoms with Crippen LogP contribution < -0.4 is 5.32 Å². The van der Waals surface area contributed by atoms with Crippen LogP contribution in [-0.2, 0) is 4.79 Å². The lowest BCUT2D eigenvalue weighted by molar-refractivity contribution is -0.121. The Morgan fingerprint density at radius 3 is 2.22 bits per heavy atom. The number of carbonyl (C=O) groups excluding carboxylic acids is 3. The summed E-state index contributed by atoms with van der Waals surface area (Å²) in [5.41, 5.74) is 0.739. The number of benzene rings is 1. The van der Waals surface area contributed by atoms with Crippen LogP contribution in [-0.4, -0.2) is 35.2 Å². The second-order valence-electron chi connectivity index (χ2n) is 3.78. The van der Waals surface area contributed by atoms with Gasteiger partial charge in [0.15, 0.2) is 0 Å². The van der Waals surface area contributed by atoms with Crippen molar-refractivity contribution in [3.8, 4) is 0 Å². The first-order valence-electron chi connectivity index (χ1n) is 5.43. The van der Waals surface area contributed by atoms with Crippen molar-refractivity contribution < 1.29 is 14.4 Å². The highest BCUT2D eigenvalue weighted by Crippen LogP contribution is 2.21. The number of hydrogen-bond donors (Lipinski definition) is 1. The Kier molecular flexibility index (Phi) is 3.62. The van der Waals surface area contributed by atoms with Crippen LogP contribution in [0.2, 0.25) is 0 Å². The molecule has 1 aromatic carbocycles. The molecule has 1 N–H and O–H groups in total. The van der Waals surface area contributed by atoms with Crippen molar-refractivity contribution >= 4 is 29.3 Å². The van der Waals surface area contributed by atoms with Gasteiger partial charge in [0, 0.05) is 12.3 Å². The molecule has 94 valence electrons. The van der Waals surface area contributed by atoms with Crippen molar-refractivity contribution in [1.29, 1.82) is 0 Å². The van der Waals surface area contributed by atoms with Crippen molar-refractivity contribution in [3.63, 3.8) is 0 Å². The molecule has 0 unspecified atom stereocenters. The van der Waals surface area contributed by atoms with E-state index in [0.717, 1.165) is 4.90 Å². The van der Waals surface area contributed by atoms with E-state index in [2.05, 4.69) is 5.32 Å². The first kappa shape index (κ1) is 12.6. The summed E-state index contributed by atoms with van der Waals surface area (Å²) in [6, 6.07) is 6.57. The lowest BCUT2D eigenvalue weighted by Gasteiger charge is -2.14. The minimum absolute atomic E-state index is 0.123. The molecule has 1 aliphatic rings. The molecule has 18 heavy (non-hydrogen) atoms. The predicted molar refractivity (Wildman–Crippen MR) is 65.3 cm³/mol. The summed E-state index contributed by atoms with van der Waals surface area (Å²) in [4.78, 5) is 36.1. The highest BCUT2D eigenvalue weighted by atomic mass is 35.5. The maximum absolute atomic E-state index is 11.9. The number of nitrogens with zero attached hydrogens (tertiary/aromatic N) is 1. The zero-order chi connectivity index (χ0) is 13.1. The quantitative estimate of drug-likeness (QED) is 0.653. The van der Waals surface area contributed by atoms with Gasteiger partial charge >= 0.3 is 0 Å². The van der Waals surface area contributed by atoms with E-state index in [9.17, 15) is 14.4 Å². The minimum Gasteiger partial charge on any atom is -0.338 e. The first-order chi connectivity index (χ1) is 8.65. The second-order valence-corrected chi connectivity index (χ2v) is 4.16. The van der Waals surface area contributed by atoms with Crippen LogP contribution in [0, 0.1) is 0 Å². The van der Waals surface area contributed by atoms with Gasteiger partial charge in [-0.3, -0.25) is 19.3 Å². The van der Waals surface area contributed by atoms with Gasteiger partial charge in [-0.2, -0.15) is 0 Å². The molecule has 3 amide bonds. The summed E-state index contributed by atoms with van der Waals surface area (Å²) in [6.45, 7) is -0.123. The summed E-state index contributed by atoms with van der Waals surface area (Å²) in [7, 11) is 0. The fraction of sp³-hybridized carbons (Fsp3) is 0.250. The molecule has 0 saturated carbocycles. The number of amides is 3. The summed E-state index contributed by atoms with van der Waals surface area (Å²) in [6.07, 6.45) is 0.157. The fourth-order valence-electron chi connectivity index (χ4n) is 1.72. The van der Waals surface area contributed by atoms with Gasteiger partial charge in [0.25, 0.3) is 11.8 Å². The van der Waals surface area contributed by atoms with E-state index in [1.54, 1.807) is 24.3 Å². The number of carbonyl (C=O) groups is 3. The Labute approximate surface area is 109 Å². The highest BCUT2D eigenvalue weighted by molar-refractivity contribution is 6.21. The molecule has 0 spiro atoms. The number of fused-ring (bicyclic) bond motifs is 1. The maximum Gasteiger partial charge on any atom is 0.263 e. The molecule has 0 aromatic heterocycles. The molecule has 0 bridgehead atoms. The molecule has 0 radical (unpaired) electrons. The molecule has 0 aliphatic carbocycles. The molecule has 0 saturated heterocycles. The molecule has 6 heteroatoms. The third kappa shape index (κ3) is 2.22.